The Hall–Kier alpha value is -2.03. The van der Waals surface area contributed by atoms with Crippen molar-refractivity contribution in [3.63, 3.8) is 0 Å². The van der Waals surface area contributed by atoms with Gasteiger partial charge in [-0.3, -0.25) is 0 Å². The number of sulfonamides is 1. The summed E-state index contributed by atoms with van der Waals surface area (Å²) >= 11 is 0. The third-order valence-electron chi connectivity index (χ3n) is 2.79. The van der Waals surface area contributed by atoms with Crippen LogP contribution >= 0.6 is 0 Å². The summed E-state index contributed by atoms with van der Waals surface area (Å²) in [4.78, 5) is 7.68. The van der Waals surface area contributed by atoms with E-state index in [0.717, 1.165) is 0 Å². The van der Waals surface area contributed by atoms with E-state index in [2.05, 4.69) is 14.7 Å². The Kier molecular flexibility index (Phi) is 4.84. The molecule has 112 valence electrons. The maximum Gasteiger partial charge on any atom is 0.244 e. The molecular formula is C13H15N3O4S. The van der Waals surface area contributed by atoms with Gasteiger partial charge in [0.05, 0.1) is 26.0 Å². The van der Waals surface area contributed by atoms with Gasteiger partial charge in [0.2, 0.25) is 10.0 Å². The molecule has 0 amide bonds. The predicted molar refractivity (Wildman–Crippen MR) is 75.0 cm³/mol. The van der Waals surface area contributed by atoms with Crippen LogP contribution in [0.5, 0.6) is 5.75 Å². The maximum atomic E-state index is 12.3. The largest absolute Gasteiger partial charge is 0.495 e. The van der Waals surface area contributed by atoms with Crippen molar-refractivity contribution < 1.29 is 18.3 Å². The fourth-order valence-corrected chi connectivity index (χ4v) is 2.91. The number of nitrogens with one attached hydrogen (secondary N) is 1. The monoisotopic (exact) mass is 309 g/mol. The van der Waals surface area contributed by atoms with E-state index in [1.165, 1.54) is 31.8 Å². The van der Waals surface area contributed by atoms with Gasteiger partial charge in [-0.05, 0) is 23.8 Å². The maximum absolute atomic E-state index is 12.3. The van der Waals surface area contributed by atoms with Crippen LogP contribution in [-0.4, -0.2) is 30.6 Å². The molecule has 0 aliphatic rings. The van der Waals surface area contributed by atoms with Crippen LogP contribution in [0.4, 0.5) is 0 Å². The Morgan fingerprint density at radius 3 is 2.76 bits per heavy atom. The molecule has 0 radical (unpaired) electrons. The second-order valence-corrected chi connectivity index (χ2v) is 5.90. The lowest BCUT2D eigenvalue weighted by atomic mass is 10.2. The Morgan fingerprint density at radius 2 is 2.14 bits per heavy atom. The first-order chi connectivity index (χ1) is 10.1. The average Bonchev–Trinajstić information content (AvgIpc) is 2.53. The molecule has 0 saturated heterocycles. The van der Waals surface area contributed by atoms with Crippen molar-refractivity contribution >= 4 is 10.0 Å². The van der Waals surface area contributed by atoms with Gasteiger partial charge in [0.1, 0.15) is 17.0 Å². The zero-order chi connectivity index (χ0) is 15.3. The number of nitrogens with zero attached hydrogens (tertiary/aromatic N) is 2. The molecule has 1 heterocycles. The molecule has 1 aromatic carbocycles. The van der Waals surface area contributed by atoms with Gasteiger partial charge >= 0.3 is 0 Å². The number of hydrogen-bond donors (Lipinski definition) is 2. The molecule has 0 fully saturated rings. The highest BCUT2D eigenvalue weighted by atomic mass is 32.2. The average molecular weight is 309 g/mol. The lowest BCUT2D eigenvalue weighted by Gasteiger charge is -2.11. The van der Waals surface area contributed by atoms with Gasteiger partial charge < -0.3 is 9.84 Å². The van der Waals surface area contributed by atoms with Crippen molar-refractivity contribution in [3.8, 4) is 5.75 Å². The van der Waals surface area contributed by atoms with Gasteiger partial charge in [0.25, 0.3) is 0 Å². The summed E-state index contributed by atoms with van der Waals surface area (Å²) in [5, 5.41) is 9.13. The molecule has 0 spiro atoms. The van der Waals surface area contributed by atoms with E-state index in [1.807, 2.05) is 0 Å². The Labute approximate surface area is 122 Å². The summed E-state index contributed by atoms with van der Waals surface area (Å²) in [6.45, 7) is -0.213. The van der Waals surface area contributed by atoms with Crippen LogP contribution in [0, 0.1) is 0 Å². The first-order valence-electron chi connectivity index (χ1n) is 6.09. The molecule has 0 aliphatic carbocycles. The van der Waals surface area contributed by atoms with E-state index in [4.69, 9.17) is 9.84 Å². The van der Waals surface area contributed by atoms with Gasteiger partial charge in [0, 0.05) is 6.20 Å². The fraction of sp³-hybridized carbons (Fsp3) is 0.231. The zero-order valence-electron chi connectivity index (χ0n) is 11.4. The summed E-state index contributed by atoms with van der Waals surface area (Å²) in [5.74, 6) is 0.211. The third kappa shape index (κ3) is 3.75. The van der Waals surface area contributed by atoms with Gasteiger partial charge in [-0.15, -0.1) is 0 Å². The Bertz CT molecular complexity index is 705. The molecule has 1 aromatic heterocycles. The lowest BCUT2D eigenvalue weighted by Crippen LogP contribution is -2.24. The Balaban J connectivity index is 2.26. The molecule has 0 saturated carbocycles. The third-order valence-corrected chi connectivity index (χ3v) is 4.21. The smallest absolute Gasteiger partial charge is 0.244 e. The quantitative estimate of drug-likeness (QED) is 0.803. The van der Waals surface area contributed by atoms with Crippen LogP contribution in [0.25, 0.3) is 0 Å². The number of methoxy groups -OCH3 is 1. The molecule has 7 nitrogen and oxygen atoms in total. The molecule has 8 heteroatoms. The number of ether oxygens (including phenoxy) is 1. The van der Waals surface area contributed by atoms with Crippen molar-refractivity contribution in [1.29, 1.82) is 0 Å². The lowest BCUT2D eigenvalue weighted by molar-refractivity contribution is 0.281. The minimum Gasteiger partial charge on any atom is -0.495 e. The summed E-state index contributed by atoms with van der Waals surface area (Å²) in [5.41, 5.74) is 1.03. The fourth-order valence-electron chi connectivity index (χ4n) is 1.70. The highest BCUT2D eigenvalue weighted by Crippen LogP contribution is 2.24. The summed E-state index contributed by atoms with van der Waals surface area (Å²) < 4.78 is 32.2. The molecule has 0 bridgehead atoms. The minimum absolute atomic E-state index is 0.0226. The number of aliphatic hydroxyl groups is 1. The van der Waals surface area contributed by atoms with Crippen molar-refractivity contribution in [2.24, 2.45) is 0 Å². The number of hydrogen-bond acceptors (Lipinski definition) is 6. The van der Waals surface area contributed by atoms with Crippen molar-refractivity contribution in [2.45, 2.75) is 18.0 Å². The van der Waals surface area contributed by atoms with Crippen molar-refractivity contribution in [1.82, 2.24) is 14.7 Å². The van der Waals surface area contributed by atoms with Crippen LogP contribution in [0.15, 0.2) is 41.7 Å². The minimum atomic E-state index is -3.78. The van der Waals surface area contributed by atoms with E-state index >= 15 is 0 Å². The van der Waals surface area contributed by atoms with E-state index in [1.54, 1.807) is 12.1 Å². The van der Waals surface area contributed by atoms with Crippen LogP contribution in [0.3, 0.4) is 0 Å². The molecule has 2 N–H and O–H groups in total. The highest BCUT2D eigenvalue weighted by Gasteiger charge is 2.20. The van der Waals surface area contributed by atoms with E-state index in [9.17, 15) is 8.42 Å². The first-order valence-corrected chi connectivity index (χ1v) is 7.57. The SMILES string of the molecule is COc1ccc(CO)cc1S(=O)(=O)NCc1ccncn1. The van der Waals surface area contributed by atoms with Crippen molar-refractivity contribution in [2.75, 3.05) is 7.11 Å². The zero-order valence-corrected chi connectivity index (χ0v) is 12.2. The number of aliphatic hydroxyl groups excluding tert-OH is 1. The summed E-state index contributed by atoms with van der Waals surface area (Å²) in [7, 11) is -2.39. The first kappa shape index (κ1) is 15.4. The molecule has 2 aromatic rings. The van der Waals surface area contributed by atoms with Crippen LogP contribution in [0.2, 0.25) is 0 Å². The molecular weight excluding hydrogens is 294 g/mol. The van der Waals surface area contributed by atoms with Gasteiger partial charge in [-0.1, -0.05) is 6.07 Å². The molecule has 2 rings (SSSR count). The second kappa shape index (κ2) is 6.61. The van der Waals surface area contributed by atoms with Crippen LogP contribution in [-0.2, 0) is 23.2 Å². The normalized spacial score (nSPS) is 11.3. The van der Waals surface area contributed by atoms with Gasteiger partial charge in [-0.2, -0.15) is 0 Å². The van der Waals surface area contributed by atoms with Gasteiger partial charge in [-0.25, -0.2) is 23.1 Å². The highest BCUT2D eigenvalue weighted by molar-refractivity contribution is 7.89. The Morgan fingerprint density at radius 1 is 1.33 bits per heavy atom. The number of rotatable bonds is 6. The predicted octanol–water partition coefficient (Wildman–Crippen LogP) is 0.456. The topological polar surface area (TPSA) is 101 Å². The summed E-state index contributed by atoms with van der Waals surface area (Å²) in [6, 6.07) is 6.10. The van der Waals surface area contributed by atoms with Gasteiger partial charge in [0.15, 0.2) is 0 Å². The molecule has 0 atom stereocenters. The molecule has 21 heavy (non-hydrogen) atoms. The number of benzene rings is 1. The standard InChI is InChI=1S/C13H15N3O4S/c1-20-12-3-2-10(8-17)6-13(12)21(18,19)16-7-11-4-5-14-9-15-11/h2-6,9,16-17H,7-8H2,1H3. The van der Waals surface area contributed by atoms with E-state index in [0.29, 0.717) is 11.3 Å². The molecule has 0 unspecified atom stereocenters. The second-order valence-electron chi connectivity index (χ2n) is 4.17. The number of aromatic nitrogens is 2. The van der Waals surface area contributed by atoms with E-state index < -0.39 is 10.0 Å². The molecule has 0 aliphatic heterocycles. The van der Waals surface area contributed by atoms with Crippen LogP contribution < -0.4 is 9.46 Å². The van der Waals surface area contributed by atoms with Crippen LogP contribution in [0.1, 0.15) is 11.3 Å². The van der Waals surface area contributed by atoms with E-state index in [-0.39, 0.29) is 23.8 Å². The summed E-state index contributed by atoms with van der Waals surface area (Å²) in [6.07, 6.45) is 2.88. The van der Waals surface area contributed by atoms with Crippen molar-refractivity contribution in [3.05, 3.63) is 48.0 Å².